The van der Waals surface area contributed by atoms with Crippen molar-refractivity contribution in [2.24, 2.45) is 0 Å². The maximum atomic E-state index is 10.4. The molecule has 2 heterocycles. The minimum absolute atomic E-state index is 0.195. The van der Waals surface area contributed by atoms with Gasteiger partial charge in [0.05, 0.1) is 12.7 Å². The van der Waals surface area contributed by atoms with Crippen LogP contribution in [0.5, 0.6) is 0 Å². The number of aliphatic hydroxyl groups is 4. The molecule has 3 unspecified atom stereocenters. The van der Waals surface area contributed by atoms with Gasteiger partial charge in [-0.2, -0.15) is 0 Å². The first-order chi connectivity index (χ1) is 13.7. The van der Waals surface area contributed by atoms with Crippen molar-refractivity contribution in [3.05, 3.63) is 0 Å². The van der Waals surface area contributed by atoms with Gasteiger partial charge < -0.3 is 49.8 Å². The number of rotatable bonds is 4. The van der Waals surface area contributed by atoms with Crippen molar-refractivity contribution in [1.29, 1.82) is 0 Å². The van der Waals surface area contributed by atoms with Gasteiger partial charge in [0.15, 0.2) is 23.8 Å². The summed E-state index contributed by atoms with van der Waals surface area (Å²) >= 11 is 0. The minimum atomic E-state index is -4.96. The van der Waals surface area contributed by atoms with E-state index in [1.54, 1.807) is 6.92 Å². The lowest BCUT2D eigenvalue weighted by Crippen LogP contribution is -2.41. The molecular formula is C14H20O14P2-2. The molecule has 0 radical (unpaired) electrons. The molecule has 0 aliphatic carbocycles. The van der Waals surface area contributed by atoms with E-state index >= 15 is 0 Å². The van der Waals surface area contributed by atoms with Gasteiger partial charge in [-0.3, -0.25) is 9.09 Å². The maximum Gasteiger partial charge on any atom is 0.479 e. The normalized spacial score (nSPS) is 37.4. The second-order valence-electron chi connectivity index (χ2n) is 5.94. The van der Waals surface area contributed by atoms with Crippen LogP contribution in [0, 0.1) is 24.7 Å². The fraction of sp³-hybridized carbons (Fsp3) is 0.714. The topological polar surface area (TPSA) is 241 Å². The fourth-order valence-electron chi connectivity index (χ4n) is 2.22. The zero-order valence-electron chi connectivity index (χ0n) is 15.4. The van der Waals surface area contributed by atoms with E-state index in [9.17, 15) is 19.7 Å². The average molecular weight is 474 g/mol. The van der Waals surface area contributed by atoms with E-state index in [2.05, 4.69) is 15.1 Å². The molecule has 2 aliphatic heterocycles. The number of ether oxygens (including phenoxy) is 2. The number of phosphoric ester groups is 1. The molecule has 30 heavy (non-hydrogen) atoms. The summed E-state index contributed by atoms with van der Waals surface area (Å²) in [5.74, 6) is 4.31. The van der Waals surface area contributed by atoms with Gasteiger partial charge in [0.2, 0.25) is 0 Å². The molecule has 0 aromatic rings. The molecule has 2 saturated heterocycles. The van der Waals surface area contributed by atoms with E-state index in [4.69, 9.17) is 52.1 Å². The van der Waals surface area contributed by atoms with E-state index in [0.29, 0.717) is 0 Å². The predicted octanol–water partition coefficient (Wildman–Crippen LogP) is -4.29. The van der Waals surface area contributed by atoms with E-state index in [1.165, 1.54) is 0 Å². The van der Waals surface area contributed by atoms with Crippen LogP contribution in [0.4, 0.5) is 0 Å². The Morgan fingerprint density at radius 1 is 1.23 bits per heavy atom. The molecule has 8 atom stereocenters. The van der Waals surface area contributed by atoms with Gasteiger partial charge >= 0.3 is 8.25 Å². The zero-order valence-corrected chi connectivity index (χ0v) is 17.2. The van der Waals surface area contributed by atoms with E-state index in [1.807, 2.05) is 5.92 Å². The van der Waals surface area contributed by atoms with E-state index in [-0.39, 0.29) is 12.8 Å². The van der Waals surface area contributed by atoms with Crippen molar-refractivity contribution in [3.63, 3.8) is 0 Å². The molecule has 14 nitrogen and oxygen atoms in total. The second kappa shape index (κ2) is 12.1. The molecular weight excluding hydrogens is 454 g/mol. The van der Waals surface area contributed by atoms with Crippen molar-refractivity contribution in [3.8, 4) is 24.7 Å². The Balaban J connectivity index is 0.000000481. The van der Waals surface area contributed by atoms with Crippen LogP contribution in [0.25, 0.3) is 0 Å². The lowest BCUT2D eigenvalue weighted by molar-refractivity contribution is -0.644. The number of terminal acetylenes is 2. The third-order valence-electron chi connectivity index (χ3n) is 3.81. The van der Waals surface area contributed by atoms with Crippen LogP contribution in [0.1, 0.15) is 19.8 Å². The van der Waals surface area contributed by atoms with E-state index in [0.717, 1.165) is 0 Å². The van der Waals surface area contributed by atoms with Crippen LogP contribution in [0.3, 0.4) is 0 Å². The fourth-order valence-corrected chi connectivity index (χ4v) is 2.65. The first-order valence-electron chi connectivity index (χ1n) is 7.81. The van der Waals surface area contributed by atoms with Crippen molar-refractivity contribution in [1.82, 2.24) is 0 Å². The van der Waals surface area contributed by atoms with Crippen LogP contribution in [0.2, 0.25) is 0 Å². The molecule has 0 bridgehead atoms. The third-order valence-corrected chi connectivity index (χ3v) is 4.44. The smallest absolute Gasteiger partial charge is 0.479 e. The summed E-state index contributed by atoms with van der Waals surface area (Å²) in [4.78, 5) is 27.6. The predicted molar refractivity (Wildman–Crippen MR) is 88.7 cm³/mol. The molecule has 16 heteroatoms. The molecule has 2 aliphatic rings. The number of hydrogen-bond acceptors (Lipinski definition) is 13. The zero-order chi connectivity index (χ0) is 23.8. The van der Waals surface area contributed by atoms with Gasteiger partial charge in [0.25, 0.3) is 7.82 Å². The Morgan fingerprint density at radius 2 is 1.77 bits per heavy atom. The molecule has 0 spiro atoms. The summed E-state index contributed by atoms with van der Waals surface area (Å²) < 4.78 is 35.5. The summed E-state index contributed by atoms with van der Waals surface area (Å²) in [7, 11) is -8.11. The van der Waals surface area contributed by atoms with Gasteiger partial charge in [-0.15, -0.1) is 12.8 Å². The maximum absolute atomic E-state index is 10.4. The Hall–Kier alpha value is -1.03. The lowest BCUT2D eigenvalue weighted by atomic mass is 9.99. The van der Waals surface area contributed by atoms with Crippen LogP contribution in [0.15, 0.2) is 0 Å². The van der Waals surface area contributed by atoms with Gasteiger partial charge in [0.1, 0.15) is 6.10 Å². The number of aliphatic hydroxyl groups excluding tert-OH is 4. The first-order valence-corrected chi connectivity index (χ1v) is 10.4. The summed E-state index contributed by atoms with van der Waals surface area (Å²) in [6.07, 6.45) is 5.72. The average Bonchev–Trinajstić information content (AvgIpc) is 3.09. The van der Waals surface area contributed by atoms with Crippen LogP contribution >= 0.6 is 16.1 Å². The Labute approximate surface area is 172 Å². The highest BCUT2D eigenvalue weighted by Gasteiger charge is 2.48. The molecule has 0 aromatic heterocycles. The third kappa shape index (κ3) is 8.99. The van der Waals surface area contributed by atoms with Gasteiger partial charge in [-0.05, 0) is 11.5 Å². The Bertz CT molecular complexity index is 698. The van der Waals surface area contributed by atoms with Gasteiger partial charge in [-0.25, -0.2) is 4.67 Å². The highest BCUT2D eigenvalue weighted by Crippen LogP contribution is 2.40. The molecule has 0 amide bonds. The Kier molecular flexibility index (Phi) is 11.7. The number of phosphoric acid groups is 1. The quantitative estimate of drug-likeness (QED) is 0.112. The molecule has 2 fully saturated rings. The highest BCUT2D eigenvalue weighted by molar-refractivity contribution is 7.44. The summed E-state index contributed by atoms with van der Waals surface area (Å²) in [6, 6.07) is 0. The van der Waals surface area contributed by atoms with Crippen molar-refractivity contribution in [2.45, 2.75) is 55.8 Å². The molecule has 0 saturated carbocycles. The molecule has 0 aromatic carbocycles. The lowest BCUT2D eigenvalue weighted by Gasteiger charge is -2.24. The van der Waals surface area contributed by atoms with Crippen molar-refractivity contribution < 1.29 is 68.2 Å². The SMILES string of the molecule is C#C[C@]1(C)OC(O)C[C@@H]1O.C#C[C@]1(CO)O[C@H](OP(=O)([O-])O)C[C@@H]1O.O=[P+]([O-])O[O-]. The van der Waals surface area contributed by atoms with Crippen molar-refractivity contribution in [2.75, 3.05) is 6.61 Å². The Morgan fingerprint density at radius 3 is 2.00 bits per heavy atom. The van der Waals surface area contributed by atoms with Crippen LogP contribution in [-0.4, -0.2) is 67.9 Å². The largest absolute Gasteiger partial charge is 0.756 e. The van der Waals surface area contributed by atoms with Gasteiger partial charge in [-0.1, -0.05) is 11.8 Å². The van der Waals surface area contributed by atoms with E-state index < -0.39 is 58.7 Å². The molecule has 172 valence electrons. The first kappa shape index (κ1) is 29.0. The molecule has 5 N–H and O–H groups in total. The second-order valence-corrected chi connectivity index (χ2v) is 7.68. The standard InChI is InChI=1S/C7H11O7P.C7H10O3.HO4P/c1-2-7(4-8)5(9)3-6(13-7)14-15(10,11)12;1-3-7(2)5(8)4-6(9)10-7;1-4-5(2)3/h1,5-6,8-9H,3-4H2,(H2,10,11,12);1,5-6,8-9H,4H2,2H3;1H/p-2/t5-,6+,7+;5-,6?,7-;/m00./s1. The van der Waals surface area contributed by atoms with Crippen LogP contribution in [-0.2, 0) is 27.8 Å². The van der Waals surface area contributed by atoms with Gasteiger partial charge in [0, 0.05) is 12.8 Å². The summed E-state index contributed by atoms with van der Waals surface area (Å²) in [6.45, 7) is 0.896. The van der Waals surface area contributed by atoms with Crippen molar-refractivity contribution >= 4 is 16.1 Å². The highest BCUT2D eigenvalue weighted by atomic mass is 31.2. The molecule has 2 rings (SSSR count). The minimum Gasteiger partial charge on any atom is -0.756 e. The monoisotopic (exact) mass is 474 g/mol. The summed E-state index contributed by atoms with van der Waals surface area (Å²) in [5, 5.41) is 44.9. The van der Waals surface area contributed by atoms with Crippen LogP contribution < -0.4 is 15.0 Å². The summed E-state index contributed by atoms with van der Waals surface area (Å²) in [5.41, 5.74) is -2.68. The number of hydrogen-bond donors (Lipinski definition) is 5.